The molecule has 0 aliphatic carbocycles. The molecular weight excluding hydrogens is 180 g/mol. The second-order valence-corrected chi connectivity index (χ2v) is 2.78. The van der Waals surface area contributed by atoms with Gasteiger partial charge >= 0.3 is 6.03 Å². The molecule has 0 atom stereocenters. The predicted molar refractivity (Wildman–Crippen MR) is 53.7 cm³/mol. The zero-order valence-electron chi connectivity index (χ0n) is 8.12. The number of nitrogens with one attached hydrogen (secondary N) is 2. The molecule has 2 N–H and O–H groups in total. The summed E-state index contributed by atoms with van der Waals surface area (Å²) in [5.41, 5.74) is 1.07. The molecule has 14 heavy (non-hydrogen) atoms. The van der Waals surface area contributed by atoms with E-state index in [0.29, 0.717) is 6.54 Å². The molecule has 0 saturated carbocycles. The normalized spacial score (nSPS) is 9.50. The van der Waals surface area contributed by atoms with Crippen molar-refractivity contribution in [1.82, 2.24) is 10.6 Å². The summed E-state index contributed by atoms with van der Waals surface area (Å²) in [6, 6.07) is 9.49. The van der Waals surface area contributed by atoms with Crippen LogP contribution in [0.25, 0.3) is 0 Å². The van der Waals surface area contributed by atoms with Crippen molar-refractivity contribution in [3.63, 3.8) is 0 Å². The lowest BCUT2D eigenvalue weighted by molar-refractivity contribution is 0.172. The largest absolute Gasteiger partial charge is 0.364 e. The van der Waals surface area contributed by atoms with Crippen LogP contribution in [0.4, 0.5) is 4.79 Å². The third-order valence-electron chi connectivity index (χ3n) is 1.67. The number of carbonyl (C=O) groups excluding carboxylic acids is 1. The van der Waals surface area contributed by atoms with E-state index in [1.54, 1.807) is 0 Å². The van der Waals surface area contributed by atoms with Gasteiger partial charge in [0.25, 0.3) is 0 Å². The fourth-order valence-electron chi connectivity index (χ4n) is 0.978. The van der Waals surface area contributed by atoms with Gasteiger partial charge in [-0.3, -0.25) is 0 Å². The number of benzene rings is 1. The van der Waals surface area contributed by atoms with Crippen molar-refractivity contribution in [2.24, 2.45) is 0 Å². The van der Waals surface area contributed by atoms with Gasteiger partial charge in [0.15, 0.2) is 0 Å². The Bertz CT molecular complexity index is 275. The van der Waals surface area contributed by atoms with E-state index in [1.807, 2.05) is 30.3 Å². The Balaban J connectivity index is 2.24. The highest BCUT2D eigenvalue weighted by Crippen LogP contribution is 1.96. The van der Waals surface area contributed by atoms with Crippen LogP contribution in [0, 0.1) is 0 Å². The molecule has 0 aliphatic rings. The number of methoxy groups -OCH3 is 1. The van der Waals surface area contributed by atoms with Gasteiger partial charge in [0.05, 0.1) is 0 Å². The Hall–Kier alpha value is -1.55. The molecule has 0 radical (unpaired) electrons. The number of carbonyl (C=O) groups is 1. The van der Waals surface area contributed by atoms with Gasteiger partial charge < -0.3 is 15.4 Å². The lowest BCUT2D eigenvalue weighted by Crippen LogP contribution is -2.36. The minimum Gasteiger partial charge on any atom is -0.364 e. The Kier molecular flexibility index (Phi) is 4.50. The highest BCUT2D eigenvalue weighted by Gasteiger charge is 1.97. The topological polar surface area (TPSA) is 50.4 Å². The van der Waals surface area contributed by atoms with Gasteiger partial charge in [-0.25, -0.2) is 4.79 Å². The number of rotatable bonds is 4. The van der Waals surface area contributed by atoms with Gasteiger partial charge in [-0.2, -0.15) is 0 Å². The van der Waals surface area contributed by atoms with E-state index in [-0.39, 0.29) is 12.8 Å². The zero-order valence-corrected chi connectivity index (χ0v) is 8.12. The number of hydrogen-bond donors (Lipinski definition) is 2. The molecular formula is C10H14N2O2. The van der Waals surface area contributed by atoms with Crippen molar-refractivity contribution in [2.75, 3.05) is 13.8 Å². The number of urea groups is 1. The lowest BCUT2D eigenvalue weighted by Gasteiger charge is -2.06. The molecule has 4 nitrogen and oxygen atoms in total. The molecule has 0 aromatic heterocycles. The summed E-state index contributed by atoms with van der Waals surface area (Å²) in [5, 5.41) is 5.23. The third kappa shape index (κ3) is 3.91. The smallest absolute Gasteiger partial charge is 0.316 e. The van der Waals surface area contributed by atoms with Crippen LogP contribution < -0.4 is 10.6 Å². The van der Waals surface area contributed by atoms with Crippen molar-refractivity contribution in [3.05, 3.63) is 35.9 Å². The molecule has 4 heteroatoms. The summed E-state index contributed by atoms with van der Waals surface area (Å²) in [6.07, 6.45) is 0. The summed E-state index contributed by atoms with van der Waals surface area (Å²) < 4.78 is 4.69. The van der Waals surface area contributed by atoms with Crippen molar-refractivity contribution >= 4 is 6.03 Å². The van der Waals surface area contributed by atoms with Crippen LogP contribution in [0.1, 0.15) is 5.56 Å². The second-order valence-electron chi connectivity index (χ2n) is 2.78. The second kappa shape index (κ2) is 5.99. The van der Waals surface area contributed by atoms with Gasteiger partial charge in [0, 0.05) is 13.7 Å². The van der Waals surface area contributed by atoms with Gasteiger partial charge in [0.1, 0.15) is 6.73 Å². The number of ether oxygens (including phenoxy) is 1. The fourth-order valence-corrected chi connectivity index (χ4v) is 0.978. The molecule has 0 saturated heterocycles. The van der Waals surface area contributed by atoms with Gasteiger partial charge in [0.2, 0.25) is 0 Å². The van der Waals surface area contributed by atoms with Gasteiger partial charge in [-0.05, 0) is 5.56 Å². The summed E-state index contributed by atoms with van der Waals surface area (Å²) in [6.45, 7) is 0.747. The molecule has 1 aromatic rings. The molecule has 0 unspecified atom stereocenters. The Labute approximate surface area is 83.3 Å². The maximum Gasteiger partial charge on any atom is 0.316 e. The zero-order chi connectivity index (χ0) is 10.2. The molecule has 0 bridgehead atoms. The molecule has 0 heterocycles. The molecule has 0 aliphatic heterocycles. The highest BCUT2D eigenvalue weighted by molar-refractivity contribution is 5.73. The van der Waals surface area contributed by atoms with Gasteiger partial charge in [-0.15, -0.1) is 0 Å². The molecule has 76 valence electrons. The summed E-state index contributed by atoms with van der Waals surface area (Å²) in [4.78, 5) is 11.1. The van der Waals surface area contributed by atoms with E-state index in [4.69, 9.17) is 4.74 Å². The summed E-state index contributed by atoms with van der Waals surface area (Å²) in [5.74, 6) is 0. The van der Waals surface area contributed by atoms with Crippen LogP contribution in [-0.4, -0.2) is 19.9 Å². The van der Waals surface area contributed by atoms with Gasteiger partial charge in [-0.1, -0.05) is 30.3 Å². The van der Waals surface area contributed by atoms with E-state index in [0.717, 1.165) is 5.56 Å². The number of amides is 2. The first kappa shape index (κ1) is 10.5. The van der Waals surface area contributed by atoms with Crippen LogP contribution in [-0.2, 0) is 11.3 Å². The van der Waals surface area contributed by atoms with E-state index in [9.17, 15) is 4.79 Å². The fraction of sp³-hybridized carbons (Fsp3) is 0.300. The van der Waals surface area contributed by atoms with Crippen LogP contribution in [0.5, 0.6) is 0 Å². The molecule has 1 aromatic carbocycles. The van der Waals surface area contributed by atoms with Crippen molar-refractivity contribution in [2.45, 2.75) is 6.54 Å². The maximum atomic E-state index is 11.1. The van der Waals surface area contributed by atoms with Crippen molar-refractivity contribution in [3.8, 4) is 0 Å². The predicted octanol–water partition coefficient (Wildman–Crippen LogP) is 1.09. The van der Waals surface area contributed by atoms with E-state index >= 15 is 0 Å². The van der Waals surface area contributed by atoms with Crippen molar-refractivity contribution in [1.29, 1.82) is 0 Å². The Morgan fingerprint density at radius 3 is 2.64 bits per heavy atom. The third-order valence-corrected chi connectivity index (χ3v) is 1.67. The quantitative estimate of drug-likeness (QED) is 0.705. The first-order valence-corrected chi connectivity index (χ1v) is 4.37. The minimum absolute atomic E-state index is 0.223. The summed E-state index contributed by atoms with van der Waals surface area (Å²) in [7, 11) is 1.53. The molecule has 1 rings (SSSR count). The lowest BCUT2D eigenvalue weighted by atomic mass is 10.2. The molecule has 0 fully saturated rings. The minimum atomic E-state index is -0.226. The monoisotopic (exact) mass is 194 g/mol. The van der Waals surface area contributed by atoms with E-state index in [2.05, 4.69) is 10.6 Å². The average molecular weight is 194 g/mol. The van der Waals surface area contributed by atoms with Crippen LogP contribution >= 0.6 is 0 Å². The van der Waals surface area contributed by atoms with Crippen LogP contribution in [0.3, 0.4) is 0 Å². The Morgan fingerprint density at radius 1 is 1.29 bits per heavy atom. The maximum absolute atomic E-state index is 11.1. The number of hydrogen-bond acceptors (Lipinski definition) is 2. The summed E-state index contributed by atoms with van der Waals surface area (Å²) >= 11 is 0. The molecule has 0 spiro atoms. The molecule has 2 amide bonds. The first-order chi connectivity index (χ1) is 6.83. The SMILES string of the molecule is COCNC(=O)NCc1ccccc1. The highest BCUT2D eigenvalue weighted by atomic mass is 16.5. The van der Waals surface area contributed by atoms with Crippen molar-refractivity contribution < 1.29 is 9.53 Å². The van der Waals surface area contributed by atoms with Crippen LogP contribution in [0.2, 0.25) is 0 Å². The van der Waals surface area contributed by atoms with E-state index in [1.165, 1.54) is 7.11 Å². The van der Waals surface area contributed by atoms with Crippen LogP contribution in [0.15, 0.2) is 30.3 Å². The Morgan fingerprint density at radius 2 is 2.00 bits per heavy atom. The first-order valence-electron chi connectivity index (χ1n) is 4.37. The average Bonchev–Trinajstić information content (AvgIpc) is 2.25. The standard InChI is InChI=1S/C10H14N2O2/c1-14-8-12-10(13)11-7-9-5-3-2-4-6-9/h2-6H,7-8H2,1H3,(H2,11,12,13). The van der Waals surface area contributed by atoms with E-state index < -0.39 is 0 Å².